The van der Waals surface area contributed by atoms with E-state index in [0.29, 0.717) is 11.3 Å². The van der Waals surface area contributed by atoms with Gasteiger partial charge in [0, 0.05) is 12.1 Å². The molecule has 2 aromatic carbocycles. The van der Waals surface area contributed by atoms with Crippen molar-refractivity contribution < 1.29 is 14.8 Å². The van der Waals surface area contributed by atoms with Crippen molar-refractivity contribution in [2.24, 2.45) is 0 Å². The molecular formula is C16H14N4O4. The average Bonchev–Trinajstić information content (AvgIpc) is 3.15. The Morgan fingerprint density at radius 2 is 2.04 bits per heavy atom. The lowest BCUT2D eigenvalue weighted by Gasteiger charge is -2.13. The van der Waals surface area contributed by atoms with Gasteiger partial charge in [-0.2, -0.15) is 5.10 Å². The van der Waals surface area contributed by atoms with Crippen LogP contribution < -0.4 is 4.74 Å². The Labute approximate surface area is 137 Å². The minimum absolute atomic E-state index is 0.0101. The summed E-state index contributed by atoms with van der Waals surface area (Å²) in [7, 11) is 0. The summed E-state index contributed by atoms with van der Waals surface area (Å²) in [6, 6.07) is 13.0. The first-order valence-electron chi connectivity index (χ1n) is 7.14. The third-order valence-corrected chi connectivity index (χ3v) is 3.39. The van der Waals surface area contributed by atoms with Crippen LogP contribution in [0.3, 0.4) is 0 Å². The molecule has 24 heavy (non-hydrogen) atoms. The number of aliphatic hydroxyl groups is 1. The van der Waals surface area contributed by atoms with Crippen molar-refractivity contribution in [1.29, 1.82) is 0 Å². The molecule has 1 atom stereocenters. The Hall–Kier alpha value is -3.26. The molecule has 3 rings (SSSR count). The second kappa shape index (κ2) is 6.88. The maximum Gasteiger partial charge on any atom is 0.269 e. The Kier molecular flexibility index (Phi) is 4.48. The number of aromatic nitrogens is 3. The predicted octanol–water partition coefficient (Wildman–Crippen LogP) is 2.29. The molecule has 0 aliphatic heterocycles. The van der Waals surface area contributed by atoms with E-state index in [1.54, 1.807) is 29.2 Å². The number of nitro groups is 1. The number of nitrogens with zero attached hydrogens (tertiary/aromatic N) is 4. The molecule has 3 aromatic rings. The van der Waals surface area contributed by atoms with Crippen LogP contribution in [0, 0.1) is 10.1 Å². The van der Waals surface area contributed by atoms with Crippen molar-refractivity contribution in [3.05, 3.63) is 76.9 Å². The maximum absolute atomic E-state index is 10.8. The molecule has 0 aliphatic rings. The zero-order valence-electron chi connectivity index (χ0n) is 12.5. The van der Waals surface area contributed by atoms with E-state index in [1.165, 1.54) is 24.5 Å². The van der Waals surface area contributed by atoms with Crippen LogP contribution in [-0.4, -0.2) is 31.4 Å². The Balaban J connectivity index is 1.63. The zero-order chi connectivity index (χ0) is 16.9. The number of rotatable bonds is 6. The zero-order valence-corrected chi connectivity index (χ0v) is 12.5. The van der Waals surface area contributed by atoms with Crippen LogP contribution in [0.2, 0.25) is 0 Å². The normalized spacial score (nSPS) is 11.9. The van der Waals surface area contributed by atoms with Gasteiger partial charge in [-0.15, -0.1) is 0 Å². The molecule has 1 unspecified atom stereocenters. The van der Waals surface area contributed by atoms with Crippen LogP contribution in [0.1, 0.15) is 11.7 Å². The van der Waals surface area contributed by atoms with E-state index in [2.05, 4.69) is 10.1 Å². The molecule has 0 spiro atoms. The number of hydrogen-bond acceptors (Lipinski definition) is 6. The lowest BCUT2D eigenvalue weighted by Crippen LogP contribution is -2.10. The Morgan fingerprint density at radius 1 is 1.25 bits per heavy atom. The second-order valence-electron chi connectivity index (χ2n) is 5.01. The summed E-state index contributed by atoms with van der Waals surface area (Å²) in [5.74, 6) is 0.573. The van der Waals surface area contributed by atoms with Crippen LogP contribution in [0.15, 0.2) is 61.2 Å². The SMILES string of the molecule is O=[N+]([O-])c1cccc(C(O)COc2ccc(-n3cncn3)cc2)c1. The lowest BCUT2D eigenvalue weighted by molar-refractivity contribution is -0.385. The predicted molar refractivity (Wildman–Crippen MR) is 84.9 cm³/mol. The Morgan fingerprint density at radius 3 is 2.71 bits per heavy atom. The molecule has 0 aliphatic carbocycles. The lowest BCUT2D eigenvalue weighted by atomic mass is 10.1. The standard InChI is InChI=1S/C16H14N4O4/c21-16(12-2-1-3-14(8-12)20(22)23)9-24-15-6-4-13(5-7-15)19-11-17-10-18-19/h1-8,10-11,16,21H,9H2. The highest BCUT2D eigenvalue weighted by atomic mass is 16.6. The number of nitro benzene ring substituents is 1. The fraction of sp³-hybridized carbons (Fsp3) is 0.125. The molecule has 0 radical (unpaired) electrons. The van der Waals surface area contributed by atoms with E-state index < -0.39 is 11.0 Å². The quantitative estimate of drug-likeness (QED) is 0.550. The third kappa shape index (κ3) is 3.55. The first-order valence-corrected chi connectivity index (χ1v) is 7.14. The first-order chi connectivity index (χ1) is 11.6. The summed E-state index contributed by atoms with van der Waals surface area (Å²) in [6.45, 7) is -0.0101. The van der Waals surface area contributed by atoms with Gasteiger partial charge < -0.3 is 9.84 Å². The summed E-state index contributed by atoms with van der Waals surface area (Å²) in [4.78, 5) is 14.1. The van der Waals surface area contributed by atoms with Crippen LogP contribution in [0.25, 0.3) is 5.69 Å². The smallest absolute Gasteiger partial charge is 0.269 e. The van der Waals surface area contributed by atoms with E-state index in [1.807, 2.05) is 12.1 Å². The van der Waals surface area contributed by atoms with E-state index in [4.69, 9.17) is 4.74 Å². The number of ether oxygens (including phenoxy) is 1. The van der Waals surface area contributed by atoms with E-state index in [-0.39, 0.29) is 12.3 Å². The fourth-order valence-corrected chi connectivity index (χ4v) is 2.15. The molecule has 8 nitrogen and oxygen atoms in total. The van der Waals surface area contributed by atoms with Crippen molar-refractivity contribution >= 4 is 5.69 Å². The Bertz CT molecular complexity index is 818. The number of aliphatic hydroxyl groups excluding tert-OH is 1. The summed E-state index contributed by atoms with van der Waals surface area (Å²) in [6.07, 6.45) is 2.07. The van der Waals surface area contributed by atoms with Gasteiger partial charge in [-0.25, -0.2) is 9.67 Å². The van der Waals surface area contributed by atoms with Gasteiger partial charge in [0.2, 0.25) is 0 Å². The topological polar surface area (TPSA) is 103 Å². The van der Waals surface area contributed by atoms with Gasteiger partial charge in [0.05, 0.1) is 10.6 Å². The van der Waals surface area contributed by atoms with Crippen molar-refractivity contribution in [3.8, 4) is 11.4 Å². The maximum atomic E-state index is 10.8. The van der Waals surface area contributed by atoms with Crippen LogP contribution >= 0.6 is 0 Å². The van der Waals surface area contributed by atoms with Crippen LogP contribution in [0.5, 0.6) is 5.75 Å². The van der Waals surface area contributed by atoms with E-state index >= 15 is 0 Å². The summed E-state index contributed by atoms with van der Waals surface area (Å²) >= 11 is 0. The molecule has 0 saturated heterocycles. The molecule has 0 fully saturated rings. The average molecular weight is 326 g/mol. The minimum Gasteiger partial charge on any atom is -0.491 e. The minimum atomic E-state index is -0.958. The van der Waals surface area contributed by atoms with Crippen LogP contribution in [0.4, 0.5) is 5.69 Å². The number of hydrogen-bond donors (Lipinski definition) is 1. The summed E-state index contributed by atoms with van der Waals surface area (Å²) in [5, 5.41) is 24.9. The highest BCUT2D eigenvalue weighted by Gasteiger charge is 2.13. The van der Waals surface area contributed by atoms with Crippen molar-refractivity contribution in [3.63, 3.8) is 0 Å². The van der Waals surface area contributed by atoms with Gasteiger partial charge in [-0.3, -0.25) is 10.1 Å². The molecule has 0 bridgehead atoms. The second-order valence-corrected chi connectivity index (χ2v) is 5.01. The summed E-state index contributed by atoms with van der Waals surface area (Å²) < 4.78 is 7.14. The van der Waals surface area contributed by atoms with Crippen molar-refractivity contribution in [2.75, 3.05) is 6.61 Å². The fourth-order valence-electron chi connectivity index (χ4n) is 2.15. The van der Waals surface area contributed by atoms with Gasteiger partial charge in [0.15, 0.2) is 0 Å². The molecule has 122 valence electrons. The van der Waals surface area contributed by atoms with Gasteiger partial charge in [0.25, 0.3) is 5.69 Å². The third-order valence-electron chi connectivity index (χ3n) is 3.39. The van der Waals surface area contributed by atoms with Gasteiger partial charge >= 0.3 is 0 Å². The molecule has 0 saturated carbocycles. The highest BCUT2D eigenvalue weighted by Crippen LogP contribution is 2.21. The highest BCUT2D eigenvalue weighted by molar-refractivity contribution is 5.37. The number of benzene rings is 2. The molecule has 1 heterocycles. The van der Waals surface area contributed by atoms with Crippen LogP contribution in [-0.2, 0) is 0 Å². The molecular weight excluding hydrogens is 312 g/mol. The van der Waals surface area contributed by atoms with Crippen molar-refractivity contribution in [1.82, 2.24) is 14.8 Å². The number of non-ortho nitro benzene ring substituents is 1. The first kappa shape index (κ1) is 15.6. The molecule has 0 amide bonds. The van der Waals surface area contributed by atoms with Gasteiger partial charge in [0.1, 0.15) is 31.1 Å². The van der Waals surface area contributed by atoms with E-state index in [0.717, 1.165) is 5.69 Å². The molecule has 1 N–H and O–H groups in total. The van der Waals surface area contributed by atoms with E-state index in [9.17, 15) is 15.2 Å². The summed E-state index contributed by atoms with van der Waals surface area (Å²) in [5.41, 5.74) is 1.20. The monoisotopic (exact) mass is 326 g/mol. The molecule has 1 aromatic heterocycles. The van der Waals surface area contributed by atoms with Gasteiger partial charge in [-0.1, -0.05) is 12.1 Å². The van der Waals surface area contributed by atoms with Crippen molar-refractivity contribution in [2.45, 2.75) is 6.10 Å². The van der Waals surface area contributed by atoms with Gasteiger partial charge in [-0.05, 0) is 29.8 Å². The largest absolute Gasteiger partial charge is 0.491 e. The molecule has 8 heteroatoms.